The van der Waals surface area contributed by atoms with Crippen molar-refractivity contribution >= 4 is 0 Å². The molecule has 98 valence electrons. The summed E-state index contributed by atoms with van der Waals surface area (Å²) in [7, 11) is 0. The first-order valence-corrected chi connectivity index (χ1v) is 6.54. The molecule has 0 amide bonds. The number of hydrogen-bond acceptors (Lipinski definition) is 5. The van der Waals surface area contributed by atoms with Gasteiger partial charge in [-0.2, -0.15) is 4.98 Å². The molecule has 0 aliphatic rings. The molecule has 0 aliphatic heterocycles. The number of nitrogens with zero attached hydrogens (tertiary/aromatic N) is 3. The molecule has 0 atom stereocenters. The van der Waals surface area contributed by atoms with Crippen molar-refractivity contribution in [3.05, 3.63) is 11.7 Å². The molecule has 0 aliphatic carbocycles. The summed E-state index contributed by atoms with van der Waals surface area (Å²) >= 11 is 0. The van der Waals surface area contributed by atoms with Gasteiger partial charge in [-0.15, -0.1) is 0 Å². The van der Waals surface area contributed by atoms with Gasteiger partial charge in [-0.1, -0.05) is 25.9 Å². The van der Waals surface area contributed by atoms with Gasteiger partial charge >= 0.3 is 0 Å². The van der Waals surface area contributed by atoms with Gasteiger partial charge in [0.15, 0.2) is 5.82 Å². The van der Waals surface area contributed by atoms with Crippen molar-refractivity contribution in [3.63, 3.8) is 0 Å². The Kier molecular flexibility index (Phi) is 6.81. The van der Waals surface area contributed by atoms with Crippen molar-refractivity contribution in [2.75, 3.05) is 32.7 Å². The van der Waals surface area contributed by atoms with Crippen LogP contribution < -0.4 is 5.32 Å². The van der Waals surface area contributed by atoms with Gasteiger partial charge in [-0.3, -0.25) is 0 Å². The van der Waals surface area contributed by atoms with Gasteiger partial charge in [-0.05, 0) is 19.6 Å². The predicted octanol–water partition coefficient (Wildman–Crippen LogP) is 1.11. The third-order valence-electron chi connectivity index (χ3n) is 2.82. The zero-order valence-electron chi connectivity index (χ0n) is 11.2. The van der Waals surface area contributed by atoms with Gasteiger partial charge in [0.05, 0.1) is 0 Å². The van der Waals surface area contributed by atoms with Crippen LogP contribution in [0.1, 0.15) is 32.5 Å². The van der Waals surface area contributed by atoms with Crippen molar-refractivity contribution < 1.29 is 4.52 Å². The van der Waals surface area contributed by atoms with E-state index < -0.39 is 0 Å². The molecule has 0 saturated carbocycles. The minimum Gasteiger partial charge on any atom is -0.339 e. The van der Waals surface area contributed by atoms with Crippen molar-refractivity contribution in [2.24, 2.45) is 0 Å². The molecule has 0 aromatic carbocycles. The van der Waals surface area contributed by atoms with E-state index in [1.165, 1.54) is 0 Å². The molecule has 17 heavy (non-hydrogen) atoms. The zero-order chi connectivity index (χ0) is 12.5. The second-order valence-corrected chi connectivity index (χ2v) is 3.98. The molecule has 0 spiro atoms. The van der Waals surface area contributed by atoms with Gasteiger partial charge in [-0.25, -0.2) is 0 Å². The molecule has 5 nitrogen and oxygen atoms in total. The molecule has 0 saturated heterocycles. The molecule has 5 heteroatoms. The lowest BCUT2D eigenvalue weighted by molar-refractivity contribution is 0.302. The number of aromatic nitrogens is 2. The van der Waals surface area contributed by atoms with Crippen LogP contribution in [0.3, 0.4) is 0 Å². The number of likely N-dealkylation sites (N-methyl/N-ethyl adjacent to an activating group) is 2. The van der Waals surface area contributed by atoms with Crippen molar-refractivity contribution in [1.29, 1.82) is 0 Å². The smallest absolute Gasteiger partial charge is 0.227 e. The van der Waals surface area contributed by atoms with Crippen molar-refractivity contribution in [2.45, 2.75) is 33.6 Å². The third-order valence-corrected chi connectivity index (χ3v) is 2.82. The summed E-state index contributed by atoms with van der Waals surface area (Å²) in [5.74, 6) is 1.56. The molecule has 0 bridgehead atoms. The van der Waals surface area contributed by atoms with Gasteiger partial charge in [0.1, 0.15) is 0 Å². The highest BCUT2D eigenvalue weighted by molar-refractivity contribution is 4.87. The standard InChI is InChI=1S/C12H24N4O/c1-4-13-9-7-12-14-11(15-17-12)8-10-16(5-2)6-3/h13H,4-10H2,1-3H3. The molecule has 0 unspecified atom stereocenters. The summed E-state index contributed by atoms with van der Waals surface area (Å²) in [6, 6.07) is 0. The first-order valence-electron chi connectivity index (χ1n) is 6.54. The van der Waals surface area contributed by atoms with Crippen LogP contribution in [-0.4, -0.2) is 47.8 Å². The Hall–Kier alpha value is -0.940. The molecular formula is C12H24N4O. The molecule has 1 heterocycles. The number of rotatable bonds is 9. The van der Waals surface area contributed by atoms with E-state index in [1.807, 2.05) is 0 Å². The highest BCUT2D eigenvalue weighted by Gasteiger charge is 2.07. The van der Waals surface area contributed by atoms with E-state index >= 15 is 0 Å². The summed E-state index contributed by atoms with van der Waals surface area (Å²) < 4.78 is 5.19. The predicted molar refractivity (Wildman–Crippen MR) is 68.0 cm³/mol. The monoisotopic (exact) mass is 240 g/mol. The van der Waals surface area contributed by atoms with Crippen LogP contribution in [0.5, 0.6) is 0 Å². The molecular weight excluding hydrogens is 216 g/mol. The maximum atomic E-state index is 5.19. The molecule has 0 radical (unpaired) electrons. The van der Waals surface area contributed by atoms with Gasteiger partial charge in [0, 0.05) is 25.9 Å². The van der Waals surface area contributed by atoms with E-state index in [-0.39, 0.29) is 0 Å². The Labute approximate surface area is 104 Å². The lowest BCUT2D eigenvalue weighted by Crippen LogP contribution is -2.25. The molecule has 1 aromatic rings. The average Bonchev–Trinajstić information content (AvgIpc) is 2.79. The summed E-state index contributed by atoms with van der Waals surface area (Å²) in [6.45, 7) is 11.4. The SMILES string of the molecule is CCNCCc1nc(CCN(CC)CC)no1. The van der Waals surface area contributed by atoms with Crippen LogP contribution in [-0.2, 0) is 12.8 Å². The minimum atomic E-state index is 0.737. The fourth-order valence-corrected chi connectivity index (χ4v) is 1.66. The van der Waals surface area contributed by atoms with Crippen LogP contribution >= 0.6 is 0 Å². The average molecular weight is 240 g/mol. The largest absolute Gasteiger partial charge is 0.339 e. The van der Waals surface area contributed by atoms with E-state index in [1.54, 1.807) is 0 Å². The molecule has 1 N–H and O–H groups in total. The van der Waals surface area contributed by atoms with Crippen molar-refractivity contribution in [3.8, 4) is 0 Å². The number of nitrogens with one attached hydrogen (secondary N) is 1. The van der Waals surface area contributed by atoms with Crippen LogP contribution in [0.4, 0.5) is 0 Å². The molecule has 0 fully saturated rings. The van der Waals surface area contributed by atoms with E-state index in [4.69, 9.17) is 4.52 Å². The maximum absolute atomic E-state index is 5.19. The quantitative estimate of drug-likeness (QED) is 0.655. The van der Waals surface area contributed by atoms with Crippen LogP contribution in [0.15, 0.2) is 4.52 Å². The normalized spacial score (nSPS) is 11.3. The summed E-state index contributed by atoms with van der Waals surface area (Å²) in [6.07, 6.45) is 1.68. The second kappa shape index (κ2) is 8.20. The zero-order valence-corrected chi connectivity index (χ0v) is 11.2. The van der Waals surface area contributed by atoms with E-state index in [0.717, 1.165) is 57.3 Å². The summed E-state index contributed by atoms with van der Waals surface area (Å²) in [5, 5.41) is 7.23. The lowest BCUT2D eigenvalue weighted by Gasteiger charge is -2.16. The Morgan fingerprint density at radius 2 is 1.94 bits per heavy atom. The summed E-state index contributed by atoms with van der Waals surface area (Å²) in [5.41, 5.74) is 0. The number of hydrogen-bond donors (Lipinski definition) is 1. The van der Waals surface area contributed by atoms with Gasteiger partial charge < -0.3 is 14.7 Å². The highest BCUT2D eigenvalue weighted by Crippen LogP contribution is 2.00. The Morgan fingerprint density at radius 3 is 2.59 bits per heavy atom. The highest BCUT2D eigenvalue weighted by atomic mass is 16.5. The third kappa shape index (κ3) is 5.28. The lowest BCUT2D eigenvalue weighted by atomic mass is 10.3. The fraction of sp³-hybridized carbons (Fsp3) is 0.833. The maximum Gasteiger partial charge on any atom is 0.227 e. The Morgan fingerprint density at radius 1 is 1.18 bits per heavy atom. The van der Waals surface area contributed by atoms with Gasteiger partial charge in [0.2, 0.25) is 5.89 Å². The second-order valence-electron chi connectivity index (χ2n) is 3.98. The van der Waals surface area contributed by atoms with E-state index in [9.17, 15) is 0 Å². The fourth-order valence-electron chi connectivity index (χ4n) is 1.66. The summed E-state index contributed by atoms with van der Waals surface area (Å²) in [4.78, 5) is 6.73. The first kappa shape index (κ1) is 14.1. The topological polar surface area (TPSA) is 54.2 Å². The van der Waals surface area contributed by atoms with E-state index in [0.29, 0.717) is 0 Å². The van der Waals surface area contributed by atoms with E-state index in [2.05, 4.69) is 41.1 Å². The van der Waals surface area contributed by atoms with Crippen LogP contribution in [0, 0.1) is 0 Å². The minimum absolute atomic E-state index is 0.737. The molecule has 1 aromatic heterocycles. The molecule has 1 rings (SSSR count). The Balaban J connectivity index is 2.30. The van der Waals surface area contributed by atoms with Crippen LogP contribution in [0.2, 0.25) is 0 Å². The van der Waals surface area contributed by atoms with Crippen LogP contribution in [0.25, 0.3) is 0 Å². The Bertz CT molecular complexity index is 296. The van der Waals surface area contributed by atoms with Gasteiger partial charge in [0.25, 0.3) is 0 Å². The van der Waals surface area contributed by atoms with Crippen molar-refractivity contribution in [1.82, 2.24) is 20.4 Å². The first-order chi connectivity index (χ1) is 8.30.